The van der Waals surface area contributed by atoms with Crippen LogP contribution in [0.15, 0.2) is 48.8 Å². The quantitative estimate of drug-likeness (QED) is 0.629. The van der Waals surface area contributed by atoms with Crippen molar-refractivity contribution >= 4 is 22.6 Å². The predicted molar refractivity (Wildman–Crippen MR) is 93.2 cm³/mol. The smallest absolute Gasteiger partial charge is 0.181 e. The fourth-order valence-electron chi connectivity index (χ4n) is 2.39. The van der Waals surface area contributed by atoms with E-state index < -0.39 is 0 Å². The highest BCUT2D eigenvalue weighted by molar-refractivity contribution is 14.1. The molecule has 0 saturated heterocycles. The SMILES string of the molecule is Cc1cccc(C)c1Cn1cnc(-c2cccc(I)c2)n1. The summed E-state index contributed by atoms with van der Waals surface area (Å²) in [7, 11) is 0. The summed E-state index contributed by atoms with van der Waals surface area (Å²) in [5, 5.41) is 4.60. The predicted octanol–water partition coefficient (Wildman–Crippen LogP) is 4.21. The number of aromatic nitrogens is 3. The van der Waals surface area contributed by atoms with Crippen LogP contribution in [0.3, 0.4) is 0 Å². The molecule has 3 aromatic rings. The Morgan fingerprint density at radius 1 is 1.05 bits per heavy atom. The summed E-state index contributed by atoms with van der Waals surface area (Å²) in [5.74, 6) is 0.778. The zero-order valence-corrected chi connectivity index (χ0v) is 14.2. The summed E-state index contributed by atoms with van der Waals surface area (Å²) in [6, 6.07) is 14.6. The van der Waals surface area contributed by atoms with Crippen molar-refractivity contribution in [1.82, 2.24) is 14.8 Å². The first-order valence-corrected chi connectivity index (χ1v) is 7.92. The van der Waals surface area contributed by atoms with Crippen LogP contribution in [0.5, 0.6) is 0 Å². The van der Waals surface area contributed by atoms with Gasteiger partial charge in [0, 0.05) is 9.13 Å². The van der Waals surface area contributed by atoms with Crippen LogP contribution in [0, 0.1) is 17.4 Å². The molecule has 4 heteroatoms. The normalized spacial score (nSPS) is 10.8. The number of nitrogens with zero attached hydrogens (tertiary/aromatic N) is 3. The minimum Gasteiger partial charge on any atom is -0.248 e. The number of hydrogen-bond donors (Lipinski definition) is 0. The van der Waals surface area contributed by atoms with Crippen molar-refractivity contribution in [2.75, 3.05) is 0 Å². The van der Waals surface area contributed by atoms with Crippen LogP contribution >= 0.6 is 22.6 Å². The molecule has 1 aromatic heterocycles. The minimum absolute atomic E-state index is 0.759. The van der Waals surface area contributed by atoms with Crippen LogP contribution < -0.4 is 0 Å². The second-order valence-corrected chi connectivity index (χ2v) is 6.39. The van der Waals surface area contributed by atoms with E-state index in [0.29, 0.717) is 0 Å². The van der Waals surface area contributed by atoms with E-state index in [1.54, 1.807) is 6.33 Å². The fourth-order valence-corrected chi connectivity index (χ4v) is 2.93. The number of benzene rings is 2. The lowest BCUT2D eigenvalue weighted by molar-refractivity contribution is 0.681. The van der Waals surface area contributed by atoms with E-state index in [9.17, 15) is 0 Å². The van der Waals surface area contributed by atoms with Gasteiger partial charge in [-0.25, -0.2) is 9.67 Å². The standard InChI is InChI=1S/C17H16IN3/c1-12-5-3-6-13(2)16(12)10-21-11-19-17(20-21)14-7-4-8-15(18)9-14/h3-9,11H,10H2,1-2H3. The summed E-state index contributed by atoms with van der Waals surface area (Å²) in [6.07, 6.45) is 1.81. The largest absolute Gasteiger partial charge is 0.248 e. The first-order valence-electron chi connectivity index (χ1n) is 6.84. The third-order valence-corrected chi connectivity index (χ3v) is 4.25. The third-order valence-electron chi connectivity index (χ3n) is 3.58. The lowest BCUT2D eigenvalue weighted by Gasteiger charge is -2.09. The first kappa shape index (κ1) is 14.3. The molecule has 3 rings (SSSR count). The van der Waals surface area contributed by atoms with E-state index in [0.717, 1.165) is 17.9 Å². The molecule has 0 N–H and O–H groups in total. The second-order valence-electron chi connectivity index (χ2n) is 5.15. The molecule has 0 unspecified atom stereocenters. The maximum absolute atomic E-state index is 4.60. The van der Waals surface area contributed by atoms with E-state index in [-0.39, 0.29) is 0 Å². The van der Waals surface area contributed by atoms with Gasteiger partial charge < -0.3 is 0 Å². The highest BCUT2D eigenvalue weighted by Gasteiger charge is 2.07. The highest BCUT2D eigenvalue weighted by atomic mass is 127. The Balaban J connectivity index is 1.89. The molecule has 0 saturated carbocycles. The molecule has 1 heterocycles. The maximum atomic E-state index is 4.60. The molecule has 3 nitrogen and oxygen atoms in total. The summed E-state index contributed by atoms with van der Waals surface area (Å²) in [5.41, 5.74) is 4.96. The average molecular weight is 389 g/mol. The Labute approximate surface area is 138 Å². The summed E-state index contributed by atoms with van der Waals surface area (Å²) < 4.78 is 3.10. The monoisotopic (exact) mass is 389 g/mol. The van der Waals surface area contributed by atoms with Gasteiger partial charge in [-0.15, -0.1) is 0 Å². The van der Waals surface area contributed by atoms with E-state index in [1.807, 2.05) is 16.8 Å². The van der Waals surface area contributed by atoms with Crippen molar-refractivity contribution in [3.63, 3.8) is 0 Å². The molecule has 0 aliphatic rings. The molecule has 2 aromatic carbocycles. The van der Waals surface area contributed by atoms with Gasteiger partial charge in [0.05, 0.1) is 6.54 Å². The summed E-state index contributed by atoms with van der Waals surface area (Å²) in [6.45, 7) is 5.04. The second kappa shape index (κ2) is 5.97. The van der Waals surface area contributed by atoms with Gasteiger partial charge in [-0.05, 0) is 65.3 Å². The number of halogens is 1. The Morgan fingerprint density at radius 3 is 2.48 bits per heavy atom. The van der Waals surface area contributed by atoms with Gasteiger partial charge >= 0.3 is 0 Å². The van der Waals surface area contributed by atoms with E-state index in [2.05, 4.69) is 76.9 Å². The van der Waals surface area contributed by atoms with Crippen LogP contribution in [-0.2, 0) is 6.54 Å². The molecule has 0 aliphatic heterocycles. The number of hydrogen-bond acceptors (Lipinski definition) is 2. The maximum Gasteiger partial charge on any atom is 0.181 e. The molecular formula is C17H16IN3. The average Bonchev–Trinajstić information content (AvgIpc) is 2.92. The lowest BCUT2D eigenvalue weighted by atomic mass is 10.0. The van der Waals surface area contributed by atoms with E-state index >= 15 is 0 Å². The van der Waals surface area contributed by atoms with Gasteiger partial charge in [0.1, 0.15) is 6.33 Å². The van der Waals surface area contributed by atoms with Gasteiger partial charge in [-0.2, -0.15) is 5.10 Å². The number of rotatable bonds is 3. The van der Waals surface area contributed by atoms with Crippen molar-refractivity contribution in [2.24, 2.45) is 0 Å². The molecule has 0 bridgehead atoms. The van der Waals surface area contributed by atoms with Crippen molar-refractivity contribution < 1.29 is 0 Å². The van der Waals surface area contributed by atoms with Crippen molar-refractivity contribution in [1.29, 1.82) is 0 Å². The topological polar surface area (TPSA) is 30.7 Å². The molecule has 0 radical (unpaired) electrons. The fraction of sp³-hybridized carbons (Fsp3) is 0.176. The molecule has 0 fully saturated rings. The molecule has 0 spiro atoms. The van der Waals surface area contributed by atoms with Crippen LogP contribution in [0.1, 0.15) is 16.7 Å². The minimum atomic E-state index is 0.759. The number of aryl methyl sites for hydroxylation is 2. The molecular weight excluding hydrogens is 373 g/mol. The zero-order valence-electron chi connectivity index (χ0n) is 12.0. The zero-order chi connectivity index (χ0) is 14.8. The van der Waals surface area contributed by atoms with Crippen molar-refractivity contribution in [3.8, 4) is 11.4 Å². The lowest BCUT2D eigenvalue weighted by Crippen LogP contribution is -2.04. The first-order chi connectivity index (χ1) is 10.1. The Kier molecular flexibility index (Phi) is 4.05. The third kappa shape index (κ3) is 3.15. The van der Waals surface area contributed by atoms with Crippen LogP contribution in [0.2, 0.25) is 0 Å². The van der Waals surface area contributed by atoms with Crippen LogP contribution in [0.4, 0.5) is 0 Å². The van der Waals surface area contributed by atoms with Gasteiger partial charge in [0.25, 0.3) is 0 Å². The molecule has 0 amide bonds. The molecule has 21 heavy (non-hydrogen) atoms. The van der Waals surface area contributed by atoms with Gasteiger partial charge in [0.2, 0.25) is 0 Å². The van der Waals surface area contributed by atoms with Crippen LogP contribution in [0.25, 0.3) is 11.4 Å². The van der Waals surface area contributed by atoms with Gasteiger partial charge in [-0.1, -0.05) is 30.3 Å². The van der Waals surface area contributed by atoms with Crippen LogP contribution in [-0.4, -0.2) is 14.8 Å². The molecule has 106 valence electrons. The molecule has 0 aliphatic carbocycles. The van der Waals surface area contributed by atoms with Crippen molar-refractivity contribution in [2.45, 2.75) is 20.4 Å². The Bertz CT molecular complexity index is 757. The summed E-state index contributed by atoms with van der Waals surface area (Å²) >= 11 is 2.30. The summed E-state index contributed by atoms with van der Waals surface area (Å²) in [4.78, 5) is 4.43. The molecule has 0 atom stereocenters. The Hall–Kier alpha value is -1.69. The van der Waals surface area contributed by atoms with Crippen molar-refractivity contribution in [3.05, 3.63) is 69.1 Å². The highest BCUT2D eigenvalue weighted by Crippen LogP contribution is 2.18. The van der Waals surface area contributed by atoms with Gasteiger partial charge in [0.15, 0.2) is 5.82 Å². The Morgan fingerprint density at radius 2 is 1.76 bits per heavy atom. The van der Waals surface area contributed by atoms with E-state index in [1.165, 1.54) is 20.3 Å². The van der Waals surface area contributed by atoms with E-state index in [4.69, 9.17) is 0 Å². The van der Waals surface area contributed by atoms with Gasteiger partial charge in [-0.3, -0.25) is 0 Å².